The minimum atomic E-state index is -0.544. The van der Waals surface area contributed by atoms with Gasteiger partial charge in [-0.1, -0.05) is 56.6 Å². The van der Waals surface area contributed by atoms with E-state index in [0.717, 1.165) is 49.4 Å². The quantitative estimate of drug-likeness (QED) is 0.599. The zero-order valence-electron chi connectivity index (χ0n) is 18.5. The third-order valence-corrected chi connectivity index (χ3v) is 5.90. The van der Waals surface area contributed by atoms with Crippen LogP contribution in [0.3, 0.4) is 0 Å². The van der Waals surface area contributed by atoms with E-state index in [1.807, 2.05) is 26.8 Å². The minimum Gasteiger partial charge on any atom is -0.339 e. The Labute approximate surface area is 187 Å². The van der Waals surface area contributed by atoms with Crippen LogP contribution in [0.5, 0.6) is 0 Å². The number of likely N-dealkylation sites (N-methyl/N-ethyl adjacent to an activating group) is 1. The third-order valence-electron chi connectivity index (χ3n) is 5.61. The van der Waals surface area contributed by atoms with E-state index in [0.29, 0.717) is 10.8 Å². The van der Waals surface area contributed by atoms with Crippen molar-refractivity contribution < 1.29 is 4.79 Å². The zero-order valence-corrected chi connectivity index (χ0v) is 19.3. The summed E-state index contributed by atoms with van der Waals surface area (Å²) in [7, 11) is 2.17. The second kappa shape index (κ2) is 8.57. The number of fused-ring (bicyclic) bond motifs is 1. The van der Waals surface area contributed by atoms with Crippen molar-refractivity contribution in [2.45, 2.75) is 27.3 Å². The number of H-pyrrole nitrogens is 1. The SMILES string of the molecule is CN1CCN(Cc2ccc(-c3cc4c(Cl)nc(NC(=O)C(C)(C)C)nc4[nH]3)cc2)CC1. The molecule has 1 aliphatic heterocycles. The first kappa shape index (κ1) is 21.7. The average Bonchev–Trinajstić information content (AvgIpc) is 3.14. The van der Waals surface area contributed by atoms with E-state index >= 15 is 0 Å². The monoisotopic (exact) mass is 440 g/mol. The van der Waals surface area contributed by atoms with Gasteiger partial charge in [0.2, 0.25) is 11.9 Å². The summed E-state index contributed by atoms with van der Waals surface area (Å²) >= 11 is 6.37. The van der Waals surface area contributed by atoms with Crippen molar-refractivity contribution in [1.29, 1.82) is 0 Å². The summed E-state index contributed by atoms with van der Waals surface area (Å²) in [5.74, 6) is 0.0407. The van der Waals surface area contributed by atoms with Crippen LogP contribution in [0.1, 0.15) is 26.3 Å². The highest BCUT2D eigenvalue weighted by molar-refractivity contribution is 6.34. The van der Waals surface area contributed by atoms with Crippen LogP contribution in [0.15, 0.2) is 30.3 Å². The highest BCUT2D eigenvalue weighted by Crippen LogP contribution is 2.29. The Hall–Kier alpha value is -2.48. The van der Waals surface area contributed by atoms with Gasteiger partial charge in [0.05, 0.1) is 5.39 Å². The fourth-order valence-electron chi connectivity index (χ4n) is 3.53. The van der Waals surface area contributed by atoms with Crippen molar-refractivity contribution in [2.75, 3.05) is 38.5 Å². The number of piperazine rings is 1. The molecule has 3 aromatic rings. The third kappa shape index (κ3) is 5.06. The number of benzene rings is 1. The fraction of sp³-hybridized carbons (Fsp3) is 0.435. The van der Waals surface area contributed by atoms with Gasteiger partial charge >= 0.3 is 0 Å². The van der Waals surface area contributed by atoms with Gasteiger partial charge in [0, 0.05) is 43.8 Å². The van der Waals surface area contributed by atoms with E-state index in [1.54, 1.807) is 0 Å². The van der Waals surface area contributed by atoms with Crippen LogP contribution in [0.4, 0.5) is 5.95 Å². The molecule has 0 aliphatic carbocycles. The van der Waals surface area contributed by atoms with Crippen molar-refractivity contribution in [3.63, 3.8) is 0 Å². The predicted octanol–water partition coefficient (Wildman–Crippen LogP) is 4.01. The molecule has 8 heteroatoms. The molecule has 2 aromatic heterocycles. The molecule has 0 spiro atoms. The van der Waals surface area contributed by atoms with E-state index in [4.69, 9.17) is 11.6 Å². The van der Waals surface area contributed by atoms with Gasteiger partial charge in [-0.3, -0.25) is 15.0 Å². The largest absolute Gasteiger partial charge is 0.339 e. The number of anilines is 1. The number of carbonyl (C=O) groups excluding carboxylic acids is 1. The number of rotatable bonds is 4. The minimum absolute atomic E-state index is 0.161. The molecule has 164 valence electrons. The van der Waals surface area contributed by atoms with Gasteiger partial charge in [-0.25, -0.2) is 0 Å². The van der Waals surface area contributed by atoms with Gasteiger partial charge in [0.25, 0.3) is 0 Å². The molecule has 1 amide bonds. The first-order valence-corrected chi connectivity index (χ1v) is 10.9. The Balaban J connectivity index is 1.51. The number of carbonyl (C=O) groups is 1. The maximum Gasteiger partial charge on any atom is 0.232 e. The molecular weight excluding hydrogens is 412 g/mol. The summed E-state index contributed by atoms with van der Waals surface area (Å²) in [4.78, 5) is 29.1. The van der Waals surface area contributed by atoms with Gasteiger partial charge in [-0.2, -0.15) is 9.97 Å². The average molecular weight is 441 g/mol. The molecule has 1 fully saturated rings. The fourth-order valence-corrected chi connectivity index (χ4v) is 3.75. The smallest absolute Gasteiger partial charge is 0.232 e. The lowest BCUT2D eigenvalue weighted by Crippen LogP contribution is -2.43. The highest BCUT2D eigenvalue weighted by Gasteiger charge is 2.23. The number of hydrogen-bond donors (Lipinski definition) is 2. The Morgan fingerprint density at radius 1 is 1.13 bits per heavy atom. The van der Waals surface area contributed by atoms with Crippen molar-refractivity contribution in [3.05, 3.63) is 41.0 Å². The van der Waals surface area contributed by atoms with Gasteiger partial charge in [0.15, 0.2) is 0 Å². The Morgan fingerprint density at radius 3 is 2.45 bits per heavy atom. The molecule has 0 unspecified atom stereocenters. The number of aromatic amines is 1. The van der Waals surface area contributed by atoms with Crippen molar-refractivity contribution in [3.8, 4) is 11.3 Å². The molecule has 0 atom stereocenters. The summed E-state index contributed by atoms with van der Waals surface area (Å²) in [5, 5.41) is 3.78. The van der Waals surface area contributed by atoms with Crippen molar-refractivity contribution in [2.24, 2.45) is 5.41 Å². The lowest BCUT2D eigenvalue weighted by atomic mass is 9.96. The maximum absolute atomic E-state index is 12.2. The number of amides is 1. The molecular formula is C23H29ClN6O. The molecule has 1 saturated heterocycles. The van der Waals surface area contributed by atoms with Crippen LogP contribution in [0, 0.1) is 5.41 Å². The number of nitrogens with one attached hydrogen (secondary N) is 2. The summed E-state index contributed by atoms with van der Waals surface area (Å²) in [6, 6.07) is 10.5. The van der Waals surface area contributed by atoms with Gasteiger partial charge < -0.3 is 9.88 Å². The molecule has 4 rings (SSSR count). The van der Waals surface area contributed by atoms with E-state index in [2.05, 4.69) is 61.4 Å². The highest BCUT2D eigenvalue weighted by atomic mass is 35.5. The number of halogens is 1. The summed E-state index contributed by atoms with van der Waals surface area (Å²) < 4.78 is 0. The second-order valence-corrected chi connectivity index (χ2v) is 9.62. The maximum atomic E-state index is 12.2. The Bertz CT molecular complexity index is 1080. The first-order valence-electron chi connectivity index (χ1n) is 10.6. The molecule has 3 heterocycles. The molecule has 7 nitrogen and oxygen atoms in total. The van der Waals surface area contributed by atoms with E-state index < -0.39 is 5.41 Å². The zero-order chi connectivity index (χ0) is 22.2. The molecule has 0 radical (unpaired) electrons. The summed E-state index contributed by atoms with van der Waals surface area (Å²) in [6.45, 7) is 10.9. The van der Waals surface area contributed by atoms with Gasteiger partial charge in [-0.15, -0.1) is 0 Å². The summed E-state index contributed by atoms with van der Waals surface area (Å²) in [6.07, 6.45) is 0. The van der Waals surface area contributed by atoms with E-state index in [9.17, 15) is 4.79 Å². The topological polar surface area (TPSA) is 77.2 Å². The number of hydrogen-bond acceptors (Lipinski definition) is 5. The van der Waals surface area contributed by atoms with Crippen LogP contribution in [0.25, 0.3) is 22.3 Å². The van der Waals surface area contributed by atoms with Crippen LogP contribution in [-0.2, 0) is 11.3 Å². The van der Waals surface area contributed by atoms with Gasteiger partial charge in [-0.05, 0) is 24.2 Å². The first-order chi connectivity index (χ1) is 14.7. The van der Waals surface area contributed by atoms with Crippen LogP contribution >= 0.6 is 11.6 Å². The lowest BCUT2D eigenvalue weighted by molar-refractivity contribution is -0.123. The summed E-state index contributed by atoms with van der Waals surface area (Å²) in [5.41, 5.74) is 3.32. The molecule has 1 aliphatic rings. The van der Waals surface area contributed by atoms with E-state index in [1.165, 1.54) is 5.56 Å². The second-order valence-electron chi connectivity index (χ2n) is 9.26. The number of nitrogens with zero attached hydrogens (tertiary/aromatic N) is 4. The normalized spacial score (nSPS) is 16.0. The predicted molar refractivity (Wildman–Crippen MR) is 125 cm³/mol. The number of aromatic nitrogens is 3. The standard InChI is InChI=1S/C23H29ClN6O/c1-23(2,3)21(31)28-22-26-19(24)17-13-18(25-20(17)27-22)16-7-5-15(6-8-16)14-30-11-9-29(4)10-12-30/h5-8,13H,9-12,14H2,1-4H3,(H2,25,26,27,28,31). The molecule has 2 N–H and O–H groups in total. The molecule has 0 saturated carbocycles. The van der Waals surface area contributed by atoms with Crippen LogP contribution < -0.4 is 5.32 Å². The van der Waals surface area contributed by atoms with Crippen LogP contribution in [0.2, 0.25) is 5.15 Å². The molecule has 1 aromatic carbocycles. The van der Waals surface area contributed by atoms with Gasteiger partial charge in [0.1, 0.15) is 10.8 Å². The molecule has 0 bridgehead atoms. The lowest BCUT2D eigenvalue weighted by Gasteiger charge is -2.32. The van der Waals surface area contributed by atoms with Crippen molar-refractivity contribution in [1.82, 2.24) is 24.8 Å². The van der Waals surface area contributed by atoms with Crippen molar-refractivity contribution >= 4 is 34.5 Å². The van der Waals surface area contributed by atoms with E-state index in [-0.39, 0.29) is 11.9 Å². The molecule has 31 heavy (non-hydrogen) atoms. The van der Waals surface area contributed by atoms with Crippen LogP contribution in [-0.4, -0.2) is 63.9 Å². The Kier molecular flexibility index (Phi) is 6.01. The Morgan fingerprint density at radius 2 is 1.81 bits per heavy atom.